The van der Waals surface area contributed by atoms with Gasteiger partial charge in [-0.3, -0.25) is 9.69 Å². The minimum atomic E-state index is -4.37. The summed E-state index contributed by atoms with van der Waals surface area (Å²) < 4.78 is 40.0. The van der Waals surface area contributed by atoms with Crippen LogP contribution in [0.25, 0.3) is 0 Å². The Labute approximate surface area is 205 Å². The maximum atomic E-state index is 13.7. The van der Waals surface area contributed by atoms with Crippen LogP contribution in [0.1, 0.15) is 51.9 Å². The molecule has 1 aliphatic carbocycles. The molecule has 11 heteroatoms. The average Bonchev–Trinajstić information content (AvgIpc) is 3.22. The van der Waals surface area contributed by atoms with Gasteiger partial charge in [-0.1, -0.05) is 26.2 Å². The van der Waals surface area contributed by atoms with Gasteiger partial charge >= 0.3 is 6.03 Å². The van der Waals surface area contributed by atoms with Gasteiger partial charge in [0.05, 0.1) is 17.7 Å². The average molecular weight is 506 g/mol. The van der Waals surface area contributed by atoms with Crippen LogP contribution in [0, 0.1) is 29.0 Å². The number of piperidine rings is 1. The highest BCUT2D eigenvalue weighted by atomic mass is 32.2. The minimum absolute atomic E-state index is 0.0142. The molecule has 4 atom stereocenters. The van der Waals surface area contributed by atoms with E-state index in [1.54, 1.807) is 0 Å². The van der Waals surface area contributed by atoms with Gasteiger partial charge in [0.15, 0.2) is 0 Å². The maximum Gasteiger partial charge on any atom is 0.336 e. The van der Waals surface area contributed by atoms with Gasteiger partial charge in [0.1, 0.15) is 17.3 Å². The molecule has 3 amide bonds. The van der Waals surface area contributed by atoms with Crippen LogP contribution >= 0.6 is 0 Å². The fourth-order valence-electron chi connectivity index (χ4n) is 5.71. The molecule has 1 saturated heterocycles. The summed E-state index contributed by atoms with van der Waals surface area (Å²) in [6, 6.07) is 4.45. The summed E-state index contributed by atoms with van der Waals surface area (Å²) in [6.45, 7) is 3.00. The number of rotatable bonds is 8. The van der Waals surface area contributed by atoms with E-state index in [9.17, 15) is 27.7 Å². The number of benzene rings is 1. The van der Waals surface area contributed by atoms with Crippen LogP contribution in [-0.4, -0.2) is 61.3 Å². The monoisotopic (exact) mass is 505 g/mol. The Kier molecular flexibility index (Phi) is 7.62. The van der Waals surface area contributed by atoms with Gasteiger partial charge in [-0.25, -0.2) is 21.9 Å². The molecule has 0 aromatic heterocycles. The normalized spacial score (nSPS) is 27.5. The topological polar surface area (TPSA) is 123 Å². The van der Waals surface area contributed by atoms with Crippen LogP contribution in [0.5, 0.6) is 0 Å². The molecule has 35 heavy (non-hydrogen) atoms. The Morgan fingerprint density at radius 1 is 1.29 bits per heavy atom. The number of anilines is 1. The first-order valence-electron chi connectivity index (χ1n) is 12.3. The molecule has 2 N–H and O–H groups in total. The number of fused-ring (bicyclic) bond motifs is 2. The second-order valence-corrected chi connectivity index (χ2v) is 11.5. The first-order chi connectivity index (χ1) is 16.7. The van der Waals surface area contributed by atoms with Gasteiger partial charge in [-0.15, -0.1) is 0 Å². The maximum absolute atomic E-state index is 13.7. The van der Waals surface area contributed by atoms with E-state index in [1.807, 2.05) is 0 Å². The van der Waals surface area contributed by atoms with Gasteiger partial charge in [0, 0.05) is 18.6 Å². The lowest BCUT2D eigenvalue weighted by atomic mass is 9.84. The zero-order valence-corrected chi connectivity index (χ0v) is 20.7. The summed E-state index contributed by atoms with van der Waals surface area (Å²) in [4.78, 5) is 27.4. The number of nitrogens with zero attached hydrogens (tertiary/aromatic N) is 3. The lowest BCUT2D eigenvalue weighted by molar-refractivity contribution is -0.122. The Bertz CT molecular complexity index is 1120. The van der Waals surface area contributed by atoms with Gasteiger partial charge < -0.3 is 10.6 Å². The number of urea groups is 1. The third kappa shape index (κ3) is 5.28. The molecule has 0 radical (unpaired) electrons. The molecule has 2 heterocycles. The molecule has 1 aromatic carbocycles. The molecule has 1 saturated carbocycles. The summed E-state index contributed by atoms with van der Waals surface area (Å²) in [7, 11) is -4.37. The number of nitrogens with one attached hydrogen (secondary N) is 2. The number of sulfonamides is 1. The summed E-state index contributed by atoms with van der Waals surface area (Å²) in [5, 5.41) is 14.9. The molecular formula is C24H32FN5O4S. The predicted molar refractivity (Wildman–Crippen MR) is 127 cm³/mol. The van der Waals surface area contributed by atoms with E-state index in [0.29, 0.717) is 16.8 Å². The molecule has 2 aliphatic heterocycles. The standard InChI is InChI=1S/C24H32FN5O4S/c1-2-3-4-5-10-29-14-16(13-26)11-17-6-8-20(23(17)29)27-22(31)15-30-24(32)28-19-9-7-18(25)12-21(19)35(30,33)34/h7,9,12,16-17,20,23H,2-6,8,10-11,14-15H2,1H3,(H,27,31)(H,28,32)/t16?,17?,20-,23?/m0/s1. The molecule has 0 spiro atoms. The Hall–Kier alpha value is -2.71. The Balaban J connectivity index is 1.44. The molecule has 190 valence electrons. The van der Waals surface area contributed by atoms with Crippen LogP contribution in [0.3, 0.4) is 0 Å². The van der Waals surface area contributed by atoms with Crippen LogP contribution in [0.2, 0.25) is 0 Å². The highest BCUT2D eigenvalue weighted by Crippen LogP contribution is 2.39. The summed E-state index contributed by atoms with van der Waals surface area (Å²) >= 11 is 0. The summed E-state index contributed by atoms with van der Waals surface area (Å²) in [5.41, 5.74) is -0.0142. The van der Waals surface area contributed by atoms with Crippen molar-refractivity contribution in [3.63, 3.8) is 0 Å². The van der Waals surface area contributed by atoms with Crippen molar-refractivity contribution in [3.05, 3.63) is 24.0 Å². The number of halogens is 1. The van der Waals surface area contributed by atoms with Crippen LogP contribution in [0.15, 0.2) is 23.1 Å². The van der Waals surface area contributed by atoms with Crippen LogP contribution in [0.4, 0.5) is 14.9 Å². The zero-order chi connectivity index (χ0) is 25.2. The first kappa shape index (κ1) is 25.4. The molecular weight excluding hydrogens is 473 g/mol. The molecule has 3 unspecified atom stereocenters. The van der Waals surface area contributed by atoms with Gasteiger partial charge in [0.2, 0.25) is 5.91 Å². The Morgan fingerprint density at radius 2 is 2.09 bits per heavy atom. The lowest BCUT2D eigenvalue weighted by Gasteiger charge is -2.42. The fourth-order valence-corrected chi connectivity index (χ4v) is 7.16. The third-order valence-corrected chi connectivity index (χ3v) is 9.07. The van der Waals surface area contributed by atoms with Gasteiger partial charge in [-0.2, -0.15) is 5.26 Å². The van der Waals surface area contributed by atoms with E-state index in [0.717, 1.165) is 63.6 Å². The number of nitriles is 1. The number of likely N-dealkylation sites (tertiary alicyclic amines) is 1. The minimum Gasteiger partial charge on any atom is -0.350 e. The SMILES string of the molecule is CCCCCCN1CC(C#N)CC2CC[C@H](NC(=O)CN3C(=O)Nc4ccc(F)cc4S3(=O)=O)C21. The van der Waals surface area contributed by atoms with Gasteiger partial charge in [0.25, 0.3) is 10.0 Å². The van der Waals surface area contributed by atoms with E-state index >= 15 is 0 Å². The number of carbonyl (C=O) groups is 2. The van der Waals surface area contributed by atoms with E-state index in [-0.39, 0.29) is 28.6 Å². The van der Waals surface area contributed by atoms with Crippen molar-refractivity contribution in [1.82, 2.24) is 14.5 Å². The summed E-state index contributed by atoms with van der Waals surface area (Å²) in [6.07, 6.45) is 6.84. The second-order valence-electron chi connectivity index (χ2n) is 9.70. The van der Waals surface area contributed by atoms with Crippen molar-refractivity contribution in [2.75, 3.05) is 25.0 Å². The second kappa shape index (κ2) is 10.5. The molecule has 9 nitrogen and oxygen atoms in total. The molecule has 2 fully saturated rings. The molecule has 4 rings (SSSR count). The van der Waals surface area contributed by atoms with Crippen molar-refractivity contribution < 1.29 is 22.4 Å². The zero-order valence-electron chi connectivity index (χ0n) is 19.9. The largest absolute Gasteiger partial charge is 0.350 e. The van der Waals surface area contributed by atoms with Crippen LogP contribution in [-0.2, 0) is 14.8 Å². The molecule has 1 aromatic rings. The quantitative estimate of drug-likeness (QED) is 0.524. The number of hydrogen-bond acceptors (Lipinski definition) is 6. The highest BCUT2D eigenvalue weighted by molar-refractivity contribution is 7.90. The number of unbranched alkanes of at least 4 members (excludes halogenated alkanes) is 3. The van der Waals surface area contributed by atoms with Crippen molar-refractivity contribution in [2.45, 2.75) is 68.8 Å². The third-order valence-electron chi connectivity index (χ3n) is 7.30. The fraction of sp³-hybridized carbons (Fsp3) is 0.625. The molecule has 3 aliphatic rings. The van der Waals surface area contributed by atoms with Gasteiger partial charge in [-0.05, 0) is 56.3 Å². The lowest BCUT2D eigenvalue weighted by Crippen LogP contribution is -2.57. The number of hydrogen-bond donors (Lipinski definition) is 2. The van der Waals surface area contributed by atoms with Crippen LogP contribution < -0.4 is 10.6 Å². The summed E-state index contributed by atoms with van der Waals surface area (Å²) in [5.74, 6) is -1.07. The molecule has 0 bridgehead atoms. The van der Waals surface area contributed by atoms with Crippen molar-refractivity contribution in [3.8, 4) is 6.07 Å². The predicted octanol–water partition coefficient (Wildman–Crippen LogP) is 3.05. The van der Waals surface area contributed by atoms with Crippen molar-refractivity contribution >= 4 is 27.6 Å². The van der Waals surface area contributed by atoms with E-state index in [4.69, 9.17) is 0 Å². The number of carbonyl (C=O) groups excluding carboxylic acids is 2. The van der Waals surface area contributed by atoms with E-state index in [2.05, 4.69) is 28.5 Å². The van der Waals surface area contributed by atoms with E-state index < -0.39 is 34.3 Å². The van der Waals surface area contributed by atoms with E-state index in [1.165, 1.54) is 6.07 Å². The smallest absolute Gasteiger partial charge is 0.336 e. The first-order valence-corrected chi connectivity index (χ1v) is 13.7. The van der Waals surface area contributed by atoms with Crippen molar-refractivity contribution in [2.24, 2.45) is 11.8 Å². The Morgan fingerprint density at radius 3 is 2.83 bits per heavy atom. The highest BCUT2D eigenvalue weighted by Gasteiger charge is 2.45. The van der Waals surface area contributed by atoms with Crippen molar-refractivity contribution in [1.29, 1.82) is 5.26 Å². The number of amides is 3.